The molecule has 2 aromatic heterocycles. The second-order valence-electron chi connectivity index (χ2n) is 5.84. The first kappa shape index (κ1) is 14.8. The number of H-pyrrole nitrogens is 1. The zero-order valence-corrected chi connectivity index (χ0v) is 14.1. The van der Waals surface area contributed by atoms with Crippen LogP contribution in [0.15, 0.2) is 24.3 Å². The molecule has 4 rings (SSSR count). The Morgan fingerprint density at radius 1 is 1.46 bits per heavy atom. The summed E-state index contributed by atoms with van der Waals surface area (Å²) in [4.78, 5) is 0. The molecule has 0 radical (unpaired) electrons. The fourth-order valence-electron chi connectivity index (χ4n) is 3.40. The Bertz CT molecular complexity index is 1080. The van der Waals surface area contributed by atoms with E-state index in [0.717, 1.165) is 24.0 Å². The number of tetrazole rings is 1. The fraction of sp³-hybridized carbons (Fsp3) is 0.222. The van der Waals surface area contributed by atoms with E-state index in [9.17, 15) is 0 Å². The Kier molecular flexibility index (Phi) is 3.51. The molecule has 0 saturated heterocycles. The average Bonchev–Trinajstić information content (AvgIpc) is 3.04. The summed E-state index contributed by atoms with van der Waals surface area (Å²) in [5, 5.41) is 11.6. The van der Waals surface area contributed by atoms with Crippen LogP contribution < -0.4 is 4.57 Å². The number of nitrogens with one attached hydrogen (secondary N) is 1. The van der Waals surface area contributed by atoms with Gasteiger partial charge in [-0.15, -0.1) is 6.42 Å². The van der Waals surface area contributed by atoms with E-state index in [1.54, 1.807) is 4.68 Å². The van der Waals surface area contributed by atoms with Crippen molar-refractivity contribution in [2.45, 2.75) is 26.3 Å². The Morgan fingerprint density at radius 2 is 2.33 bits per heavy atom. The molecule has 0 saturated carbocycles. The highest BCUT2D eigenvalue weighted by molar-refractivity contribution is 7.71. The number of aromatic amines is 1. The monoisotopic (exact) mass is 334 g/mol. The lowest BCUT2D eigenvalue weighted by Crippen LogP contribution is -2.39. The first-order valence-corrected chi connectivity index (χ1v) is 8.21. The summed E-state index contributed by atoms with van der Waals surface area (Å²) in [6, 6.07) is 6.20. The van der Waals surface area contributed by atoms with Gasteiger partial charge in [0, 0.05) is 17.7 Å². The van der Waals surface area contributed by atoms with Gasteiger partial charge in [0.05, 0.1) is 11.1 Å². The first-order valence-electron chi connectivity index (χ1n) is 7.80. The number of hydrogen-bond donors (Lipinski definition) is 1. The van der Waals surface area contributed by atoms with E-state index < -0.39 is 0 Å². The van der Waals surface area contributed by atoms with Gasteiger partial charge in [0.25, 0.3) is 0 Å². The molecule has 1 N–H and O–H groups in total. The summed E-state index contributed by atoms with van der Waals surface area (Å²) in [6.07, 6.45) is 12.1. The molecule has 0 fully saturated rings. The van der Waals surface area contributed by atoms with Crippen molar-refractivity contribution in [1.29, 1.82) is 0 Å². The van der Waals surface area contributed by atoms with Gasteiger partial charge in [0.2, 0.25) is 22.5 Å². The van der Waals surface area contributed by atoms with Gasteiger partial charge in [0.1, 0.15) is 0 Å². The fourth-order valence-corrected chi connectivity index (χ4v) is 3.59. The molecule has 0 bridgehead atoms. The van der Waals surface area contributed by atoms with Crippen LogP contribution in [-0.2, 0) is 13.0 Å². The number of pyridine rings is 1. The topological polar surface area (TPSA) is 50.4 Å². The van der Waals surface area contributed by atoms with Gasteiger partial charge in [-0.2, -0.15) is 9.78 Å². The van der Waals surface area contributed by atoms with E-state index in [4.69, 9.17) is 18.6 Å². The summed E-state index contributed by atoms with van der Waals surface area (Å²) in [5.41, 5.74) is 5.91. The maximum atomic E-state index is 5.62. The Labute approximate surface area is 144 Å². The predicted octanol–water partition coefficient (Wildman–Crippen LogP) is 2.67. The van der Waals surface area contributed by atoms with E-state index in [-0.39, 0.29) is 0 Å². The van der Waals surface area contributed by atoms with Crippen molar-refractivity contribution in [2.75, 3.05) is 0 Å². The van der Waals surface area contributed by atoms with Gasteiger partial charge >= 0.3 is 0 Å². The van der Waals surface area contributed by atoms with Crippen molar-refractivity contribution in [1.82, 2.24) is 20.2 Å². The van der Waals surface area contributed by atoms with Crippen LogP contribution in [0, 0.1) is 24.0 Å². The largest absolute Gasteiger partial charge is 0.242 e. The molecule has 1 aliphatic carbocycles. The minimum atomic E-state index is 0.407. The first-order chi connectivity index (χ1) is 11.7. The highest BCUT2D eigenvalue weighted by Crippen LogP contribution is 2.28. The molecule has 2 heterocycles. The van der Waals surface area contributed by atoms with Crippen molar-refractivity contribution < 1.29 is 4.57 Å². The lowest BCUT2D eigenvalue weighted by molar-refractivity contribution is -0.660. The minimum Gasteiger partial charge on any atom is -0.210 e. The molecule has 24 heavy (non-hydrogen) atoms. The number of terminal acetylenes is 1. The van der Waals surface area contributed by atoms with Crippen LogP contribution in [0.2, 0.25) is 0 Å². The third-order valence-electron chi connectivity index (χ3n) is 4.54. The lowest BCUT2D eigenvalue weighted by atomic mass is 9.93. The molecule has 5 nitrogen and oxygen atoms in total. The summed E-state index contributed by atoms with van der Waals surface area (Å²) >= 11 is 5.20. The zero-order valence-electron chi connectivity index (χ0n) is 13.3. The smallest absolute Gasteiger partial charge is 0.210 e. The molecular formula is C18H16N5S+. The normalized spacial score (nSPS) is 13.0. The number of benzene rings is 1. The SMILES string of the molecule is C#CC[n+]1c2c(c(C)c3cc(-n4[nH]nnc4=S)ccc31)CCC=C2. The molecule has 6 heteroatoms. The third-order valence-corrected chi connectivity index (χ3v) is 4.81. The molecule has 0 aliphatic heterocycles. The van der Waals surface area contributed by atoms with Crippen LogP contribution in [0.25, 0.3) is 22.7 Å². The van der Waals surface area contributed by atoms with E-state index >= 15 is 0 Å². The molecule has 0 spiro atoms. The number of allylic oxidation sites excluding steroid dienone is 1. The zero-order chi connectivity index (χ0) is 16.7. The third kappa shape index (κ3) is 2.17. The summed E-state index contributed by atoms with van der Waals surface area (Å²) in [6.45, 7) is 2.72. The van der Waals surface area contributed by atoms with Crippen molar-refractivity contribution in [3.63, 3.8) is 0 Å². The number of aryl methyl sites for hydroxylation is 1. The Balaban J connectivity index is 2.06. The van der Waals surface area contributed by atoms with E-state index in [1.807, 2.05) is 6.07 Å². The highest BCUT2D eigenvalue weighted by Gasteiger charge is 2.23. The van der Waals surface area contributed by atoms with E-state index in [1.165, 1.54) is 22.2 Å². The van der Waals surface area contributed by atoms with E-state index in [2.05, 4.69) is 57.2 Å². The molecule has 3 aromatic rings. The molecule has 0 unspecified atom stereocenters. The van der Waals surface area contributed by atoms with Crippen LogP contribution in [0.1, 0.15) is 23.2 Å². The summed E-state index contributed by atoms with van der Waals surface area (Å²) in [5.74, 6) is 2.78. The molecule has 118 valence electrons. The predicted molar refractivity (Wildman–Crippen MR) is 95.2 cm³/mol. The molecule has 0 amide bonds. The standard InChI is InChI=1S/C18H15N5S/c1-3-10-22-16-7-5-4-6-14(16)12(2)15-11-13(8-9-17(15)22)23-18(24)19-20-21-23/h1,5,7-9,11H,4,6,10H2,2H3/p+1. The number of aromatic nitrogens is 5. The van der Waals surface area contributed by atoms with Crippen molar-refractivity contribution >= 4 is 29.2 Å². The van der Waals surface area contributed by atoms with Crippen molar-refractivity contribution in [3.8, 4) is 18.0 Å². The quantitative estimate of drug-likeness (QED) is 0.445. The van der Waals surface area contributed by atoms with Gasteiger partial charge in [0.15, 0.2) is 0 Å². The maximum Gasteiger partial charge on any atom is 0.242 e. The van der Waals surface area contributed by atoms with Gasteiger partial charge < -0.3 is 0 Å². The van der Waals surface area contributed by atoms with Gasteiger partial charge in [-0.05, 0) is 55.6 Å². The summed E-state index contributed by atoms with van der Waals surface area (Å²) in [7, 11) is 0. The number of nitrogens with zero attached hydrogens (tertiary/aromatic N) is 4. The molecular weight excluding hydrogens is 318 g/mol. The van der Waals surface area contributed by atoms with E-state index in [0.29, 0.717) is 11.3 Å². The molecule has 0 atom stereocenters. The lowest BCUT2D eigenvalue weighted by Gasteiger charge is -2.15. The highest BCUT2D eigenvalue weighted by atomic mass is 32.1. The van der Waals surface area contributed by atoms with Crippen LogP contribution >= 0.6 is 12.2 Å². The van der Waals surface area contributed by atoms with Crippen LogP contribution in [0.5, 0.6) is 0 Å². The second kappa shape index (κ2) is 5.69. The van der Waals surface area contributed by atoms with Crippen LogP contribution in [0.4, 0.5) is 0 Å². The number of fused-ring (bicyclic) bond motifs is 2. The number of rotatable bonds is 2. The van der Waals surface area contributed by atoms with Crippen LogP contribution in [0.3, 0.4) is 0 Å². The second-order valence-corrected chi connectivity index (χ2v) is 6.20. The minimum absolute atomic E-state index is 0.407. The maximum absolute atomic E-state index is 5.62. The number of hydrogen-bond acceptors (Lipinski definition) is 3. The average molecular weight is 334 g/mol. The van der Waals surface area contributed by atoms with Crippen molar-refractivity contribution in [2.24, 2.45) is 0 Å². The Morgan fingerprint density at radius 3 is 3.08 bits per heavy atom. The van der Waals surface area contributed by atoms with Gasteiger partial charge in [-0.25, -0.2) is 4.68 Å². The molecule has 1 aliphatic rings. The molecule has 1 aromatic carbocycles. The Hall–Kier alpha value is -2.78. The van der Waals surface area contributed by atoms with Crippen molar-refractivity contribution in [3.05, 3.63) is 45.9 Å². The van der Waals surface area contributed by atoms with Gasteiger partial charge in [-0.3, -0.25) is 0 Å². The van der Waals surface area contributed by atoms with Gasteiger partial charge in [-0.1, -0.05) is 16.4 Å². The summed E-state index contributed by atoms with van der Waals surface area (Å²) < 4.78 is 4.31. The van der Waals surface area contributed by atoms with Crippen LogP contribution in [-0.4, -0.2) is 20.2 Å².